The molecule has 122 valence electrons. The number of benzene rings is 2. The van der Waals surface area contributed by atoms with Gasteiger partial charge in [-0.1, -0.05) is 66.2 Å². The van der Waals surface area contributed by atoms with Gasteiger partial charge in [0.15, 0.2) is 0 Å². The first kappa shape index (κ1) is 17.4. The molecule has 0 unspecified atom stereocenters. The lowest BCUT2D eigenvalue weighted by Crippen LogP contribution is -2.14. The molecule has 0 spiro atoms. The summed E-state index contributed by atoms with van der Waals surface area (Å²) in [6.45, 7) is 13.2. The molecule has 0 aliphatic carbocycles. The Bertz CT molecular complexity index is 798. The largest absolute Gasteiger partial charge is 0.244 e. The summed E-state index contributed by atoms with van der Waals surface area (Å²) in [7, 11) is 0. The monoisotopic (exact) mass is 308 g/mol. The van der Waals surface area contributed by atoms with Gasteiger partial charge in [-0.05, 0) is 41.2 Å². The van der Waals surface area contributed by atoms with Crippen molar-refractivity contribution in [1.29, 1.82) is 0 Å². The topological polar surface area (TPSA) is 25.8 Å². The fourth-order valence-electron chi connectivity index (χ4n) is 2.80. The van der Waals surface area contributed by atoms with Gasteiger partial charge in [0.1, 0.15) is 0 Å². The predicted molar refractivity (Wildman–Crippen MR) is 101 cm³/mol. The summed E-state index contributed by atoms with van der Waals surface area (Å²) in [5.41, 5.74) is 6.82. The average Bonchev–Trinajstić information content (AvgIpc) is 2.51. The van der Waals surface area contributed by atoms with Gasteiger partial charge in [0, 0.05) is 0 Å². The van der Waals surface area contributed by atoms with Crippen molar-refractivity contribution in [2.45, 2.75) is 59.8 Å². The number of hydrogen-bond donors (Lipinski definition) is 0. The molecule has 0 aliphatic rings. The third kappa shape index (κ3) is 3.69. The number of rotatable bonds is 1. The van der Waals surface area contributed by atoms with Crippen LogP contribution in [0.4, 0.5) is 0 Å². The van der Waals surface area contributed by atoms with Crippen molar-refractivity contribution < 1.29 is 0 Å². The second-order valence-electron chi connectivity index (χ2n) is 6.98. The van der Waals surface area contributed by atoms with Gasteiger partial charge < -0.3 is 0 Å². The van der Waals surface area contributed by atoms with E-state index in [0.717, 1.165) is 28.5 Å². The lowest BCUT2D eigenvalue weighted by Gasteiger charge is -2.23. The molecule has 0 aliphatic heterocycles. The van der Waals surface area contributed by atoms with Crippen molar-refractivity contribution in [3.05, 3.63) is 47.5 Å². The zero-order chi connectivity index (χ0) is 17.0. The first-order valence-corrected chi connectivity index (χ1v) is 8.61. The van der Waals surface area contributed by atoms with Crippen LogP contribution < -0.4 is 0 Å². The summed E-state index contributed by atoms with van der Waals surface area (Å²) >= 11 is 0. The molecule has 0 saturated heterocycles. The number of para-hydroxylation sites is 2. The SMILES string of the molecule is CCC.CCc1c(C(C)(C)C)ccc2nc3ccccc3nc12. The highest BCUT2D eigenvalue weighted by molar-refractivity contribution is 5.88. The van der Waals surface area contributed by atoms with Crippen molar-refractivity contribution >= 4 is 22.1 Å². The van der Waals surface area contributed by atoms with Crippen LogP contribution in [-0.2, 0) is 11.8 Å². The van der Waals surface area contributed by atoms with Gasteiger partial charge in [-0.15, -0.1) is 0 Å². The molecule has 2 aromatic carbocycles. The second-order valence-corrected chi connectivity index (χ2v) is 6.98. The molecule has 1 aromatic heterocycles. The van der Waals surface area contributed by atoms with E-state index in [1.54, 1.807) is 0 Å². The Balaban J connectivity index is 0.000000595. The molecule has 3 aromatic rings. The lowest BCUT2D eigenvalue weighted by atomic mass is 9.82. The molecule has 1 heterocycles. The quantitative estimate of drug-likeness (QED) is 0.511. The average molecular weight is 308 g/mol. The van der Waals surface area contributed by atoms with Crippen molar-refractivity contribution in [2.24, 2.45) is 0 Å². The summed E-state index contributed by atoms with van der Waals surface area (Å²) in [5.74, 6) is 0. The number of aryl methyl sites for hydroxylation is 1. The summed E-state index contributed by atoms with van der Waals surface area (Å²) < 4.78 is 0. The maximum Gasteiger partial charge on any atom is 0.0929 e. The van der Waals surface area contributed by atoms with Crippen LogP contribution in [0.25, 0.3) is 22.1 Å². The molecule has 0 amide bonds. The molecular formula is C21H28N2. The highest BCUT2D eigenvalue weighted by Gasteiger charge is 2.19. The predicted octanol–water partition coefficient (Wildman–Crippen LogP) is 6.06. The van der Waals surface area contributed by atoms with Crippen LogP contribution in [0.1, 0.15) is 59.1 Å². The number of hydrogen-bond acceptors (Lipinski definition) is 2. The van der Waals surface area contributed by atoms with Crippen molar-refractivity contribution in [2.75, 3.05) is 0 Å². The molecule has 0 radical (unpaired) electrons. The summed E-state index contributed by atoms with van der Waals surface area (Å²) in [6.07, 6.45) is 2.23. The van der Waals surface area contributed by atoms with E-state index in [1.165, 1.54) is 17.5 Å². The fraction of sp³-hybridized carbons (Fsp3) is 0.429. The van der Waals surface area contributed by atoms with Crippen LogP contribution in [0.2, 0.25) is 0 Å². The van der Waals surface area contributed by atoms with E-state index in [2.05, 4.69) is 53.7 Å². The second kappa shape index (κ2) is 7.08. The molecule has 3 rings (SSSR count). The summed E-state index contributed by atoms with van der Waals surface area (Å²) in [6, 6.07) is 12.4. The van der Waals surface area contributed by atoms with Gasteiger partial charge in [0.05, 0.1) is 22.1 Å². The smallest absolute Gasteiger partial charge is 0.0929 e. The summed E-state index contributed by atoms with van der Waals surface area (Å²) in [4.78, 5) is 9.61. The first-order valence-electron chi connectivity index (χ1n) is 8.61. The highest BCUT2D eigenvalue weighted by Crippen LogP contribution is 2.31. The third-order valence-electron chi connectivity index (χ3n) is 3.78. The number of fused-ring (bicyclic) bond motifs is 2. The molecule has 23 heavy (non-hydrogen) atoms. The first-order chi connectivity index (χ1) is 10.9. The zero-order valence-electron chi connectivity index (χ0n) is 15.3. The van der Waals surface area contributed by atoms with E-state index < -0.39 is 0 Å². The Labute approximate surface area is 140 Å². The standard InChI is InChI=1S/C18H20N2.C3H8/c1-5-12-13(18(2,3)4)10-11-16-17(12)20-15-9-7-6-8-14(15)19-16;1-3-2/h6-11H,5H2,1-4H3;3H2,1-2H3. The molecule has 0 fully saturated rings. The molecule has 2 nitrogen and oxygen atoms in total. The molecule has 0 atom stereocenters. The van der Waals surface area contributed by atoms with Gasteiger partial charge in [0.25, 0.3) is 0 Å². The molecule has 2 heteroatoms. The van der Waals surface area contributed by atoms with E-state index in [1.807, 2.05) is 24.3 Å². The molecule has 0 N–H and O–H groups in total. The van der Waals surface area contributed by atoms with E-state index in [-0.39, 0.29) is 5.41 Å². The molecule has 0 saturated carbocycles. The summed E-state index contributed by atoms with van der Waals surface area (Å²) in [5, 5.41) is 0. The van der Waals surface area contributed by atoms with Gasteiger partial charge in [-0.25, -0.2) is 9.97 Å². The number of nitrogens with zero attached hydrogens (tertiary/aromatic N) is 2. The van der Waals surface area contributed by atoms with Gasteiger partial charge in [0.2, 0.25) is 0 Å². The maximum absolute atomic E-state index is 4.86. The molecule has 0 bridgehead atoms. The zero-order valence-corrected chi connectivity index (χ0v) is 15.3. The van der Waals surface area contributed by atoms with E-state index >= 15 is 0 Å². The van der Waals surface area contributed by atoms with Crippen LogP contribution in [0.5, 0.6) is 0 Å². The van der Waals surface area contributed by atoms with Gasteiger partial charge in [-0.3, -0.25) is 0 Å². The normalized spacial score (nSPS) is 11.4. The van der Waals surface area contributed by atoms with Gasteiger partial charge in [-0.2, -0.15) is 0 Å². The Morgan fingerprint density at radius 2 is 1.35 bits per heavy atom. The fourth-order valence-corrected chi connectivity index (χ4v) is 2.80. The van der Waals surface area contributed by atoms with Gasteiger partial charge >= 0.3 is 0 Å². The van der Waals surface area contributed by atoms with Crippen LogP contribution >= 0.6 is 0 Å². The van der Waals surface area contributed by atoms with E-state index in [0.29, 0.717) is 0 Å². The van der Waals surface area contributed by atoms with Crippen LogP contribution in [0, 0.1) is 0 Å². The van der Waals surface area contributed by atoms with Crippen molar-refractivity contribution in [3.63, 3.8) is 0 Å². The van der Waals surface area contributed by atoms with Crippen LogP contribution in [0.15, 0.2) is 36.4 Å². The minimum absolute atomic E-state index is 0.132. The molecular weight excluding hydrogens is 280 g/mol. The van der Waals surface area contributed by atoms with Crippen molar-refractivity contribution in [1.82, 2.24) is 9.97 Å². The maximum atomic E-state index is 4.86. The van der Waals surface area contributed by atoms with Crippen molar-refractivity contribution in [3.8, 4) is 0 Å². The lowest BCUT2D eigenvalue weighted by molar-refractivity contribution is 0.584. The van der Waals surface area contributed by atoms with Crippen LogP contribution in [-0.4, -0.2) is 9.97 Å². The Hall–Kier alpha value is -1.96. The van der Waals surface area contributed by atoms with E-state index in [4.69, 9.17) is 9.97 Å². The Morgan fingerprint density at radius 3 is 1.87 bits per heavy atom. The number of aromatic nitrogens is 2. The Kier molecular flexibility index (Phi) is 5.35. The van der Waals surface area contributed by atoms with E-state index in [9.17, 15) is 0 Å². The van der Waals surface area contributed by atoms with Crippen LogP contribution in [0.3, 0.4) is 0 Å². The highest BCUT2D eigenvalue weighted by atomic mass is 14.8. The minimum Gasteiger partial charge on any atom is -0.244 e. The minimum atomic E-state index is 0.132. The Morgan fingerprint density at radius 1 is 0.783 bits per heavy atom. The third-order valence-corrected chi connectivity index (χ3v) is 3.78.